The number of hydrogen-bond acceptors (Lipinski definition) is 8. The Kier molecular flexibility index (Phi) is 6.43. The van der Waals surface area contributed by atoms with Crippen LogP contribution in [-0.4, -0.2) is 36.0 Å². The van der Waals surface area contributed by atoms with E-state index < -0.39 is 11.8 Å². The lowest BCUT2D eigenvalue weighted by Gasteiger charge is -2.02. The van der Waals surface area contributed by atoms with E-state index in [-0.39, 0.29) is 0 Å². The molecule has 0 fully saturated rings. The molecule has 0 aliphatic carbocycles. The lowest BCUT2D eigenvalue weighted by Crippen LogP contribution is -2.28. The van der Waals surface area contributed by atoms with Crippen LogP contribution in [0.15, 0.2) is 59.3 Å². The molecule has 2 amide bonds. The average molecular weight is 467 g/mol. The van der Waals surface area contributed by atoms with E-state index in [1.807, 2.05) is 48.5 Å². The molecule has 0 aliphatic heterocycles. The van der Waals surface area contributed by atoms with Gasteiger partial charge in [-0.05, 0) is 48.5 Å². The zero-order valence-corrected chi connectivity index (χ0v) is 18.8. The molecule has 2 aromatic heterocycles. The van der Waals surface area contributed by atoms with Crippen molar-refractivity contribution in [2.45, 2.75) is 0 Å². The van der Waals surface area contributed by atoms with Gasteiger partial charge < -0.3 is 9.47 Å². The number of anilines is 2. The lowest BCUT2D eigenvalue weighted by atomic mass is 10.2. The molecule has 0 aliphatic rings. The van der Waals surface area contributed by atoms with Gasteiger partial charge in [0.1, 0.15) is 11.5 Å². The summed E-state index contributed by atoms with van der Waals surface area (Å²) in [5.74, 6) is -0.151. The number of thiazole rings is 2. The van der Waals surface area contributed by atoms with Crippen LogP contribution in [0, 0.1) is 0 Å². The molecule has 0 atom stereocenters. The van der Waals surface area contributed by atoms with Gasteiger partial charge in [-0.1, -0.05) is 0 Å². The third-order valence-corrected chi connectivity index (χ3v) is 5.94. The fourth-order valence-corrected chi connectivity index (χ4v) is 4.19. The second-order valence-electron chi connectivity index (χ2n) is 6.44. The number of aromatic nitrogens is 2. The van der Waals surface area contributed by atoms with E-state index in [0.29, 0.717) is 21.7 Å². The van der Waals surface area contributed by atoms with Crippen molar-refractivity contribution in [1.82, 2.24) is 9.97 Å². The predicted octanol–water partition coefficient (Wildman–Crippen LogP) is 4.53. The van der Waals surface area contributed by atoms with E-state index >= 15 is 0 Å². The van der Waals surface area contributed by atoms with Crippen LogP contribution in [0.5, 0.6) is 11.5 Å². The third-order valence-electron chi connectivity index (χ3n) is 4.43. The Hall–Kier alpha value is -3.76. The average Bonchev–Trinajstić information content (AvgIpc) is 3.49. The van der Waals surface area contributed by atoms with Gasteiger partial charge in [0.2, 0.25) is 0 Å². The van der Waals surface area contributed by atoms with Crippen molar-refractivity contribution in [2.75, 3.05) is 24.9 Å². The maximum atomic E-state index is 12.3. The van der Waals surface area contributed by atoms with Gasteiger partial charge in [-0.15, -0.1) is 22.7 Å². The van der Waals surface area contributed by atoms with Gasteiger partial charge in [0.25, 0.3) is 0 Å². The summed E-state index contributed by atoms with van der Waals surface area (Å²) in [6.45, 7) is 0. The first-order chi connectivity index (χ1) is 15.6. The van der Waals surface area contributed by atoms with E-state index in [1.54, 1.807) is 25.0 Å². The van der Waals surface area contributed by atoms with Gasteiger partial charge in [-0.3, -0.25) is 20.2 Å². The van der Waals surface area contributed by atoms with Crippen LogP contribution in [0.25, 0.3) is 22.5 Å². The smallest absolute Gasteiger partial charge is 0.315 e. The Morgan fingerprint density at radius 3 is 1.41 bits per heavy atom. The zero-order valence-electron chi connectivity index (χ0n) is 17.1. The number of benzene rings is 2. The monoisotopic (exact) mass is 466 g/mol. The number of rotatable bonds is 6. The first kappa shape index (κ1) is 21.5. The molecule has 0 radical (unpaired) electrons. The minimum Gasteiger partial charge on any atom is -0.497 e. The zero-order chi connectivity index (χ0) is 22.5. The van der Waals surface area contributed by atoms with Crippen molar-refractivity contribution < 1.29 is 19.1 Å². The molecule has 2 aromatic carbocycles. The number of amides is 2. The molecule has 0 bridgehead atoms. The van der Waals surface area contributed by atoms with Gasteiger partial charge in [0, 0.05) is 21.9 Å². The normalized spacial score (nSPS) is 10.4. The summed E-state index contributed by atoms with van der Waals surface area (Å²) in [6, 6.07) is 14.8. The van der Waals surface area contributed by atoms with E-state index in [1.165, 1.54) is 22.7 Å². The largest absolute Gasteiger partial charge is 0.497 e. The van der Waals surface area contributed by atoms with Crippen molar-refractivity contribution in [3.8, 4) is 34.0 Å². The maximum Gasteiger partial charge on any atom is 0.315 e. The fourth-order valence-electron chi connectivity index (χ4n) is 2.76. The summed E-state index contributed by atoms with van der Waals surface area (Å²) in [5.41, 5.74) is 3.14. The summed E-state index contributed by atoms with van der Waals surface area (Å²) < 4.78 is 10.3. The molecule has 2 heterocycles. The summed E-state index contributed by atoms with van der Waals surface area (Å²) in [6.07, 6.45) is 0. The molecule has 0 saturated carbocycles. The first-order valence-corrected chi connectivity index (χ1v) is 11.1. The molecule has 0 unspecified atom stereocenters. The van der Waals surface area contributed by atoms with Gasteiger partial charge in [0.05, 0.1) is 25.6 Å². The number of carbonyl (C=O) groups excluding carboxylic acids is 2. The van der Waals surface area contributed by atoms with Crippen LogP contribution in [0.1, 0.15) is 0 Å². The van der Waals surface area contributed by atoms with E-state index in [2.05, 4.69) is 20.6 Å². The molecular weight excluding hydrogens is 448 g/mol. The number of nitrogens with one attached hydrogen (secondary N) is 2. The molecule has 2 N–H and O–H groups in total. The van der Waals surface area contributed by atoms with Crippen LogP contribution in [0.2, 0.25) is 0 Å². The highest BCUT2D eigenvalue weighted by molar-refractivity contribution is 7.14. The molecule has 8 nitrogen and oxygen atoms in total. The molecular formula is C22H18N4O4S2. The Bertz CT molecular complexity index is 1140. The van der Waals surface area contributed by atoms with Crippen molar-refractivity contribution >= 4 is 44.8 Å². The molecule has 0 spiro atoms. The number of hydrogen-bond donors (Lipinski definition) is 2. The number of carbonyl (C=O) groups is 2. The SMILES string of the molecule is COc1ccc(-c2csc(NC(=O)C(=O)Nc3nc(-c4ccc(OC)cc4)cs3)n2)cc1. The summed E-state index contributed by atoms with van der Waals surface area (Å²) in [7, 11) is 3.20. The molecule has 4 rings (SSSR count). The molecule has 162 valence electrons. The van der Waals surface area contributed by atoms with Crippen LogP contribution in [-0.2, 0) is 9.59 Å². The van der Waals surface area contributed by atoms with Gasteiger partial charge in [0.15, 0.2) is 10.3 Å². The summed E-state index contributed by atoms with van der Waals surface area (Å²) in [5, 5.41) is 9.30. The van der Waals surface area contributed by atoms with Crippen LogP contribution >= 0.6 is 22.7 Å². The lowest BCUT2D eigenvalue weighted by molar-refractivity contribution is -0.132. The standard InChI is InChI=1S/C22H18N4O4S2/c1-29-15-7-3-13(4-8-15)17-11-31-21(23-17)25-19(27)20(28)26-22-24-18(12-32-22)14-5-9-16(30-2)10-6-14/h3-12H,1-2H3,(H,23,25,27)(H,24,26,28). The highest BCUT2D eigenvalue weighted by Crippen LogP contribution is 2.28. The van der Waals surface area contributed by atoms with E-state index in [4.69, 9.17) is 9.47 Å². The first-order valence-electron chi connectivity index (χ1n) is 9.38. The van der Waals surface area contributed by atoms with Crippen molar-refractivity contribution in [1.29, 1.82) is 0 Å². The van der Waals surface area contributed by atoms with Crippen LogP contribution in [0.4, 0.5) is 10.3 Å². The minimum atomic E-state index is -0.818. The highest BCUT2D eigenvalue weighted by atomic mass is 32.1. The Morgan fingerprint density at radius 1 is 0.688 bits per heavy atom. The van der Waals surface area contributed by atoms with Gasteiger partial charge in [-0.2, -0.15) is 0 Å². The second-order valence-corrected chi connectivity index (χ2v) is 8.16. The van der Waals surface area contributed by atoms with Crippen molar-refractivity contribution in [3.05, 3.63) is 59.3 Å². The van der Waals surface area contributed by atoms with Gasteiger partial charge in [-0.25, -0.2) is 9.97 Å². The fraction of sp³-hybridized carbons (Fsp3) is 0.0909. The Morgan fingerprint density at radius 2 is 1.06 bits per heavy atom. The molecule has 10 heteroatoms. The van der Waals surface area contributed by atoms with Crippen molar-refractivity contribution in [2.24, 2.45) is 0 Å². The quantitative estimate of drug-likeness (QED) is 0.405. The number of methoxy groups -OCH3 is 2. The Balaban J connectivity index is 1.36. The predicted molar refractivity (Wildman–Crippen MR) is 125 cm³/mol. The number of nitrogens with zero attached hydrogens (tertiary/aromatic N) is 2. The topological polar surface area (TPSA) is 102 Å². The van der Waals surface area contributed by atoms with Crippen LogP contribution < -0.4 is 20.1 Å². The number of ether oxygens (including phenoxy) is 2. The summed E-state index contributed by atoms with van der Waals surface area (Å²) in [4.78, 5) is 33.3. The van der Waals surface area contributed by atoms with Crippen LogP contribution in [0.3, 0.4) is 0 Å². The molecule has 32 heavy (non-hydrogen) atoms. The second kappa shape index (κ2) is 9.58. The third kappa shape index (κ3) is 4.93. The summed E-state index contributed by atoms with van der Waals surface area (Å²) >= 11 is 2.47. The minimum absolute atomic E-state index is 0.328. The van der Waals surface area contributed by atoms with E-state index in [9.17, 15) is 9.59 Å². The maximum absolute atomic E-state index is 12.3. The highest BCUT2D eigenvalue weighted by Gasteiger charge is 2.18. The van der Waals surface area contributed by atoms with Crippen molar-refractivity contribution in [3.63, 3.8) is 0 Å². The molecule has 4 aromatic rings. The van der Waals surface area contributed by atoms with E-state index in [0.717, 1.165) is 22.6 Å². The Labute approximate surface area is 191 Å². The van der Waals surface area contributed by atoms with Gasteiger partial charge >= 0.3 is 11.8 Å². The molecule has 0 saturated heterocycles.